The van der Waals surface area contributed by atoms with Gasteiger partial charge in [0.15, 0.2) is 0 Å². The minimum absolute atomic E-state index is 0.320. The van der Waals surface area contributed by atoms with E-state index >= 15 is 0 Å². The van der Waals surface area contributed by atoms with E-state index in [1.54, 1.807) is 17.8 Å². The topological polar surface area (TPSA) is 29.5 Å². The molecule has 0 heterocycles. The maximum absolute atomic E-state index is 9.72. The van der Waals surface area contributed by atoms with E-state index in [0.717, 1.165) is 23.5 Å². The van der Waals surface area contributed by atoms with Gasteiger partial charge in [-0.2, -0.15) is 0 Å². The molecule has 3 heteroatoms. The van der Waals surface area contributed by atoms with Crippen LogP contribution >= 0.6 is 11.8 Å². The van der Waals surface area contributed by atoms with Crippen molar-refractivity contribution >= 4 is 11.8 Å². The van der Waals surface area contributed by atoms with Crippen molar-refractivity contribution in [2.45, 2.75) is 43.1 Å². The second-order valence-electron chi connectivity index (χ2n) is 4.21. The van der Waals surface area contributed by atoms with Crippen molar-refractivity contribution in [2.24, 2.45) is 0 Å². The lowest BCUT2D eigenvalue weighted by Crippen LogP contribution is -2.19. The summed E-state index contributed by atoms with van der Waals surface area (Å²) in [6.07, 6.45) is 8.44. The van der Waals surface area contributed by atoms with E-state index in [4.69, 9.17) is 4.74 Å². The summed E-state index contributed by atoms with van der Waals surface area (Å²) in [5.41, 5.74) is 0. The van der Waals surface area contributed by atoms with Crippen LogP contribution in [-0.4, -0.2) is 17.5 Å². The Bertz CT molecular complexity index is 346. The molecule has 88 valence electrons. The van der Waals surface area contributed by atoms with E-state index in [0.29, 0.717) is 11.9 Å². The van der Waals surface area contributed by atoms with Crippen LogP contribution in [-0.2, 0) is 0 Å². The Morgan fingerprint density at radius 3 is 2.62 bits per heavy atom. The molecule has 0 atom stereocenters. The highest BCUT2D eigenvalue weighted by molar-refractivity contribution is 7.98. The van der Waals surface area contributed by atoms with Gasteiger partial charge >= 0.3 is 0 Å². The lowest BCUT2D eigenvalue weighted by Gasteiger charge is -2.23. The molecule has 0 amide bonds. The first kappa shape index (κ1) is 11.6. The maximum atomic E-state index is 9.72. The van der Waals surface area contributed by atoms with Crippen LogP contribution in [0.15, 0.2) is 23.1 Å². The minimum atomic E-state index is 0.320. The van der Waals surface area contributed by atoms with Gasteiger partial charge in [-0.15, -0.1) is 11.8 Å². The van der Waals surface area contributed by atoms with Gasteiger partial charge in [-0.25, -0.2) is 0 Å². The number of benzene rings is 1. The van der Waals surface area contributed by atoms with E-state index in [-0.39, 0.29) is 0 Å². The summed E-state index contributed by atoms with van der Waals surface area (Å²) in [6, 6.07) is 5.58. The summed E-state index contributed by atoms with van der Waals surface area (Å²) in [6.45, 7) is 0. The van der Waals surface area contributed by atoms with Crippen molar-refractivity contribution in [3.63, 3.8) is 0 Å². The zero-order valence-electron chi connectivity index (χ0n) is 9.61. The molecule has 1 aromatic rings. The Morgan fingerprint density at radius 2 is 2.00 bits per heavy atom. The Morgan fingerprint density at radius 1 is 1.25 bits per heavy atom. The number of hydrogen-bond acceptors (Lipinski definition) is 3. The molecule has 1 aliphatic rings. The first-order valence-corrected chi connectivity index (χ1v) is 7.06. The van der Waals surface area contributed by atoms with Crippen LogP contribution in [0.4, 0.5) is 0 Å². The smallest absolute Gasteiger partial charge is 0.132 e. The third kappa shape index (κ3) is 2.85. The first-order chi connectivity index (χ1) is 7.79. The van der Waals surface area contributed by atoms with E-state index in [9.17, 15) is 5.11 Å². The molecule has 1 saturated carbocycles. The number of ether oxygens (including phenoxy) is 1. The predicted molar refractivity (Wildman–Crippen MR) is 67.4 cm³/mol. The molecular weight excluding hydrogens is 220 g/mol. The molecule has 0 spiro atoms. The zero-order chi connectivity index (χ0) is 11.4. The van der Waals surface area contributed by atoms with E-state index < -0.39 is 0 Å². The molecule has 1 fully saturated rings. The molecular formula is C13H18O2S. The fraction of sp³-hybridized carbons (Fsp3) is 0.538. The average molecular weight is 238 g/mol. The summed E-state index contributed by atoms with van der Waals surface area (Å²) in [4.78, 5) is 0.899. The molecule has 2 rings (SSSR count). The number of hydrogen-bond donors (Lipinski definition) is 1. The van der Waals surface area contributed by atoms with Gasteiger partial charge in [-0.05, 0) is 44.1 Å². The summed E-state index contributed by atoms with van der Waals surface area (Å²) < 4.78 is 5.87. The van der Waals surface area contributed by atoms with Gasteiger partial charge in [0, 0.05) is 11.0 Å². The quantitative estimate of drug-likeness (QED) is 0.812. The largest absolute Gasteiger partial charge is 0.507 e. The molecule has 0 radical (unpaired) electrons. The molecule has 0 unspecified atom stereocenters. The number of thioether (sulfide) groups is 1. The highest BCUT2D eigenvalue weighted by Crippen LogP contribution is 2.32. The SMILES string of the molecule is CSc1ccc(OC2CCCCC2)cc1O. The van der Waals surface area contributed by atoms with E-state index in [2.05, 4.69) is 0 Å². The number of phenolic OH excluding ortho intramolecular Hbond substituents is 1. The third-order valence-corrected chi connectivity index (χ3v) is 3.79. The van der Waals surface area contributed by atoms with Crippen LogP contribution in [0.5, 0.6) is 11.5 Å². The van der Waals surface area contributed by atoms with Gasteiger partial charge in [0.25, 0.3) is 0 Å². The van der Waals surface area contributed by atoms with Crippen LogP contribution in [0.25, 0.3) is 0 Å². The highest BCUT2D eigenvalue weighted by atomic mass is 32.2. The second kappa shape index (κ2) is 5.48. The van der Waals surface area contributed by atoms with Crippen LogP contribution in [0.3, 0.4) is 0 Å². The molecule has 1 N–H and O–H groups in total. The van der Waals surface area contributed by atoms with Crippen LogP contribution in [0, 0.1) is 0 Å². The fourth-order valence-corrected chi connectivity index (χ4v) is 2.59. The molecule has 0 bridgehead atoms. The van der Waals surface area contributed by atoms with Crippen LogP contribution < -0.4 is 4.74 Å². The molecule has 0 aliphatic heterocycles. The molecule has 1 aliphatic carbocycles. The third-order valence-electron chi connectivity index (χ3n) is 3.01. The molecule has 2 nitrogen and oxygen atoms in total. The standard InChI is InChI=1S/C13H18O2S/c1-16-13-8-7-11(9-12(13)14)15-10-5-3-2-4-6-10/h7-10,14H,2-6H2,1H3. The first-order valence-electron chi connectivity index (χ1n) is 5.83. The van der Waals surface area contributed by atoms with Crippen molar-refractivity contribution in [3.8, 4) is 11.5 Å². The van der Waals surface area contributed by atoms with Gasteiger partial charge < -0.3 is 9.84 Å². The average Bonchev–Trinajstić information content (AvgIpc) is 2.31. The summed E-state index contributed by atoms with van der Waals surface area (Å²) in [5, 5.41) is 9.72. The molecule has 16 heavy (non-hydrogen) atoms. The van der Waals surface area contributed by atoms with Crippen LogP contribution in [0.2, 0.25) is 0 Å². The minimum Gasteiger partial charge on any atom is -0.507 e. The highest BCUT2D eigenvalue weighted by Gasteiger charge is 2.15. The maximum Gasteiger partial charge on any atom is 0.132 e. The predicted octanol–water partition coefficient (Wildman–Crippen LogP) is 3.83. The van der Waals surface area contributed by atoms with Gasteiger partial charge in [0.2, 0.25) is 0 Å². The second-order valence-corrected chi connectivity index (χ2v) is 5.06. The Kier molecular flexibility index (Phi) is 3.99. The van der Waals surface area contributed by atoms with Crippen molar-refractivity contribution < 1.29 is 9.84 Å². The Hall–Kier alpha value is -0.830. The summed E-state index contributed by atoms with van der Waals surface area (Å²) in [7, 11) is 0. The molecule has 0 aromatic heterocycles. The van der Waals surface area contributed by atoms with Gasteiger partial charge in [0.05, 0.1) is 6.10 Å². The van der Waals surface area contributed by atoms with Gasteiger partial charge in [-0.1, -0.05) is 6.42 Å². The number of rotatable bonds is 3. The summed E-state index contributed by atoms with van der Waals surface area (Å²) in [5.74, 6) is 1.11. The normalized spacial score (nSPS) is 17.3. The Balaban J connectivity index is 2.01. The monoisotopic (exact) mass is 238 g/mol. The Labute approximate surface area is 101 Å². The zero-order valence-corrected chi connectivity index (χ0v) is 10.4. The van der Waals surface area contributed by atoms with Crippen molar-refractivity contribution in [1.29, 1.82) is 0 Å². The van der Waals surface area contributed by atoms with Crippen molar-refractivity contribution in [3.05, 3.63) is 18.2 Å². The van der Waals surface area contributed by atoms with E-state index in [1.807, 2.05) is 18.4 Å². The van der Waals surface area contributed by atoms with Crippen molar-refractivity contribution in [1.82, 2.24) is 0 Å². The number of aromatic hydroxyl groups is 1. The van der Waals surface area contributed by atoms with Gasteiger partial charge in [-0.3, -0.25) is 0 Å². The lowest BCUT2D eigenvalue weighted by molar-refractivity contribution is 0.154. The fourth-order valence-electron chi connectivity index (χ4n) is 2.12. The number of phenols is 1. The summed E-state index contributed by atoms with van der Waals surface area (Å²) >= 11 is 1.54. The molecule has 1 aromatic carbocycles. The molecule has 0 saturated heterocycles. The van der Waals surface area contributed by atoms with Crippen LogP contribution in [0.1, 0.15) is 32.1 Å². The lowest BCUT2D eigenvalue weighted by atomic mass is 9.98. The van der Waals surface area contributed by atoms with Crippen molar-refractivity contribution in [2.75, 3.05) is 6.26 Å². The van der Waals surface area contributed by atoms with Gasteiger partial charge in [0.1, 0.15) is 11.5 Å². The van der Waals surface area contributed by atoms with E-state index in [1.165, 1.54) is 19.3 Å².